The van der Waals surface area contributed by atoms with Gasteiger partial charge in [0.1, 0.15) is 0 Å². The summed E-state index contributed by atoms with van der Waals surface area (Å²) in [7, 11) is 1.01. The van der Waals surface area contributed by atoms with Gasteiger partial charge in [-0.15, -0.1) is 0 Å². The molecule has 0 atom stereocenters. The number of imidazole rings is 1. The molecule has 2 aromatic carbocycles. The second-order valence-corrected chi connectivity index (χ2v) is 8.84. The summed E-state index contributed by atoms with van der Waals surface area (Å²) in [6.07, 6.45) is 1.80. The van der Waals surface area contributed by atoms with Gasteiger partial charge in [-0.1, -0.05) is 18.2 Å². The fourth-order valence-electron chi connectivity index (χ4n) is 3.63. The molecule has 1 aromatic heterocycles. The van der Waals surface area contributed by atoms with Gasteiger partial charge in [0.2, 0.25) is 0 Å². The van der Waals surface area contributed by atoms with Crippen LogP contribution in [0.3, 0.4) is 0 Å². The lowest BCUT2D eigenvalue weighted by atomic mass is 9.78. The van der Waals surface area contributed by atoms with E-state index in [9.17, 15) is 4.79 Å². The number of hydrogen-bond donors (Lipinski definition) is 0. The van der Waals surface area contributed by atoms with E-state index in [2.05, 4.69) is 57.8 Å². The number of fused-ring (bicyclic) bond motifs is 1. The number of methoxy groups -OCH3 is 1. The topological polar surface area (TPSA) is 62.6 Å². The van der Waals surface area contributed by atoms with E-state index >= 15 is 0 Å². The lowest BCUT2D eigenvalue weighted by Gasteiger charge is -2.32. The highest BCUT2D eigenvalue weighted by Gasteiger charge is 2.51. The fourth-order valence-corrected chi connectivity index (χ4v) is 3.63. The largest absolute Gasteiger partial charge is 0.494 e. The van der Waals surface area contributed by atoms with Crippen molar-refractivity contribution < 1.29 is 18.8 Å². The molecule has 0 amide bonds. The van der Waals surface area contributed by atoms with E-state index in [-0.39, 0.29) is 24.3 Å². The number of carbonyl (C=O) groups excluding carboxylic acids is 1. The van der Waals surface area contributed by atoms with Gasteiger partial charge in [-0.05, 0) is 69.4 Å². The highest BCUT2D eigenvalue weighted by atomic mass is 16.7. The molecule has 0 bridgehead atoms. The first-order chi connectivity index (χ1) is 14.1. The van der Waals surface area contributed by atoms with Crippen LogP contribution in [0.15, 0.2) is 42.7 Å². The predicted molar refractivity (Wildman–Crippen MR) is 117 cm³/mol. The zero-order chi connectivity index (χ0) is 21.7. The van der Waals surface area contributed by atoms with E-state index in [1.54, 1.807) is 12.4 Å². The van der Waals surface area contributed by atoms with Gasteiger partial charge in [-0.25, -0.2) is 9.78 Å². The average Bonchev–Trinajstić information content (AvgIpc) is 3.19. The Bertz CT molecular complexity index is 1100. The molecule has 1 aliphatic heterocycles. The maximum Gasteiger partial charge on any atom is 0.494 e. The molecule has 2 heterocycles. The Balaban J connectivity index is 1.60. The van der Waals surface area contributed by atoms with Crippen molar-refractivity contribution >= 4 is 29.6 Å². The van der Waals surface area contributed by atoms with Crippen LogP contribution < -0.4 is 5.46 Å². The highest BCUT2D eigenvalue weighted by molar-refractivity contribution is 6.62. The lowest BCUT2D eigenvalue weighted by molar-refractivity contribution is 0.00578. The van der Waals surface area contributed by atoms with Gasteiger partial charge in [0.25, 0.3) is 0 Å². The van der Waals surface area contributed by atoms with Crippen LogP contribution in [0.4, 0.5) is 0 Å². The fraction of sp³-hybridized carbons (Fsp3) is 0.391. The van der Waals surface area contributed by atoms with E-state index in [1.165, 1.54) is 7.11 Å². The second-order valence-electron chi connectivity index (χ2n) is 8.84. The van der Waals surface area contributed by atoms with Crippen LogP contribution in [0.5, 0.6) is 0 Å². The van der Waals surface area contributed by atoms with E-state index in [4.69, 9.17) is 14.0 Å². The number of rotatable bonds is 4. The normalized spacial score (nSPS) is 17.5. The summed E-state index contributed by atoms with van der Waals surface area (Å²) < 4.78 is 19.2. The Hall–Kier alpha value is -2.64. The first kappa shape index (κ1) is 20.6. The first-order valence-electron chi connectivity index (χ1n) is 10.1. The van der Waals surface area contributed by atoms with E-state index in [0.29, 0.717) is 12.1 Å². The van der Waals surface area contributed by atoms with Crippen LogP contribution in [-0.4, -0.2) is 41.0 Å². The summed E-state index contributed by atoms with van der Waals surface area (Å²) in [5.41, 5.74) is 4.85. The Morgan fingerprint density at radius 1 is 1.10 bits per heavy atom. The summed E-state index contributed by atoms with van der Waals surface area (Å²) in [5.74, 6) is -0.354. The number of nitrogens with zero attached hydrogens (tertiary/aromatic N) is 2. The molecule has 3 aromatic rings. The molecule has 156 valence electrons. The SMILES string of the molecule is COC(=O)c1ccc2ncn(Cc3ccc(B4OC(C)(C)C(C)(C)O4)cc3C)c2c1. The van der Waals surface area contributed by atoms with Crippen LogP contribution in [0.2, 0.25) is 0 Å². The molecule has 0 N–H and O–H groups in total. The van der Waals surface area contributed by atoms with Gasteiger partial charge in [-0.2, -0.15) is 0 Å². The van der Waals surface area contributed by atoms with Gasteiger partial charge in [0, 0.05) is 6.54 Å². The molecule has 7 heteroatoms. The third kappa shape index (κ3) is 3.52. The van der Waals surface area contributed by atoms with Crippen LogP contribution >= 0.6 is 0 Å². The van der Waals surface area contributed by atoms with Gasteiger partial charge >= 0.3 is 13.1 Å². The Kier molecular flexibility index (Phi) is 4.99. The standard InChI is InChI=1S/C23H27BN2O4/c1-15-11-18(24-29-22(2,3)23(4,5)30-24)9-7-17(15)13-26-14-25-19-10-8-16(12-20(19)26)21(27)28-6/h7-12,14H,13H2,1-6H3. The molecular weight excluding hydrogens is 379 g/mol. The van der Waals surface area contributed by atoms with Crippen molar-refractivity contribution in [3.8, 4) is 0 Å². The molecule has 0 radical (unpaired) electrons. The smallest absolute Gasteiger partial charge is 0.465 e. The van der Waals surface area contributed by atoms with E-state index in [0.717, 1.165) is 27.6 Å². The predicted octanol–water partition coefficient (Wildman–Crippen LogP) is 3.48. The number of hydrogen-bond acceptors (Lipinski definition) is 5. The van der Waals surface area contributed by atoms with Crippen LogP contribution in [0.25, 0.3) is 11.0 Å². The van der Waals surface area contributed by atoms with Crippen molar-refractivity contribution in [2.75, 3.05) is 7.11 Å². The number of esters is 1. The number of aryl methyl sites for hydroxylation is 1. The molecule has 0 spiro atoms. The Morgan fingerprint density at radius 3 is 2.43 bits per heavy atom. The zero-order valence-electron chi connectivity index (χ0n) is 18.4. The molecule has 30 heavy (non-hydrogen) atoms. The maximum absolute atomic E-state index is 11.9. The monoisotopic (exact) mass is 406 g/mol. The minimum Gasteiger partial charge on any atom is -0.465 e. The third-order valence-corrected chi connectivity index (χ3v) is 6.27. The molecule has 0 saturated carbocycles. The van der Waals surface area contributed by atoms with Crippen LogP contribution in [0.1, 0.15) is 49.2 Å². The number of carbonyl (C=O) groups is 1. The Labute approximate surface area is 177 Å². The third-order valence-electron chi connectivity index (χ3n) is 6.27. The van der Waals surface area contributed by atoms with Crippen molar-refractivity contribution in [3.05, 3.63) is 59.4 Å². The summed E-state index contributed by atoms with van der Waals surface area (Å²) in [6.45, 7) is 11.0. The molecule has 0 unspecified atom stereocenters. The quantitative estimate of drug-likeness (QED) is 0.491. The number of aromatic nitrogens is 2. The average molecular weight is 406 g/mol. The number of ether oxygens (including phenoxy) is 1. The maximum atomic E-state index is 11.9. The van der Waals surface area contributed by atoms with Gasteiger partial charge < -0.3 is 18.6 Å². The van der Waals surface area contributed by atoms with Crippen LogP contribution in [-0.2, 0) is 20.6 Å². The summed E-state index contributed by atoms with van der Waals surface area (Å²) in [6, 6.07) is 11.7. The molecule has 1 saturated heterocycles. The second kappa shape index (κ2) is 7.25. The van der Waals surface area contributed by atoms with Gasteiger partial charge in [0.05, 0.1) is 41.2 Å². The molecule has 4 rings (SSSR count). The minimum atomic E-state index is -0.376. The van der Waals surface area contributed by atoms with Crippen LogP contribution in [0, 0.1) is 6.92 Å². The summed E-state index contributed by atoms with van der Waals surface area (Å²) in [5, 5.41) is 0. The molecular formula is C23H27BN2O4. The first-order valence-corrected chi connectivity index (χ1v) is 10.1. The van der Waals surface area contributed by atoms with Gasteiger partial charge in [0.15, 0.2) is 0 Å². The van der Waals surface area contributed by atoms with E-state index < -0.39 is 0 Å². The molecule has 0 aliphatic carbocycles. The molecule has 1 fully saturated rings. The highest BCUT2D eigenvalue weighted by Crippen LogP contribution is 2.36. The van der Waals surface area contributed by atoms with Crippen molar-refractivity contribution in [1.82, 2.24) is 9.55 Å². The summed E-state index contributed by atoms with van der Waals surface area (Å²) >= 11 is 0. The molecule has 6 nitrogen and oxygen atoms in total. The van der Waals surface area contributed by atoms with Crippen molar-refractivity contribution in [2.45, 2.75) is 52.4 Å². The van der Waals surface area contributed by atoms with Crippen molar-refractivity contribution in [3.63, 3.8) is 0 Å². The summed E-state index contributed by atoms with van der Waals surface area (Å²) in [4.78, 5) is 16.3. The van der Waals surface area contributed by atoms with Gasteiger partial charge in [-0.3, -0.25) is 0 Å². The number of benzene rings is 2. The lowest BCUT2D eigenvalue weighted by Crippen LogP contribution is -2.41. The van der Waals surface area contributed by atoms with Crippen molar-refractivity contribution in [2.24, 2.45) is 0 Å². The van der Waals surface area contributed by atoms with Crippen molar-refractivity contribution in [1.29, 1.82) is 0 Å². The minimum absolute atomic E-state index is 0.354. The molecule has 1 aliphatic rings. The Morgan fingerprint density at radius 2 is 1.80 bits per heavy atom. The van der Waals surface area contributed by atoms with E-state index in [1.807, 2.05) is 16.7 Å². The zero-order valence-corrected chi connectivity index (χ0v) is 18.4.